The summed E-state index contributed by atoms with van der Waals surface area (Å²) in [7, 11) is 0. The first-order valence-corrected chi connectivity index (χ1v) is 5.73. The first-order valence-electron chi connectivity index (χ1n) is 5.73. The molecule has 0 aliphatic heterocycles. The Morgan fingerprint density at radius 3 is 2.56 bits per heavy atom. The number of aliphatic carboxylic acids is 1. The number of carboxylic acids is 1. The van der Waals surface area contributed by atoms with E-state index in [-0.39, 0.29) is 0 Å². The van der Waals surface area contributed by atoms with E-state index in [1.165, 1.54) is 6.07 Å². The van der Waals surface area contributed by atoms with Crippen LogP contribution in [-0.2, 0) is 4.79 Å². The van der Waals surface area contributed by atoms with Crippen molar-refractivity contribution in [2.45, 2.75) is 31.7 Å². The predicted molar refractivity (Wildman–Crippen MR) is 65.3 cm³/mol. The monoisotopic (exact) mass is 249 g/mol. The van der Waals surface area contributed by atoms with Gasteiger partial charge in [0.1, 0.15) is 11.4 Å². The number of aromatic nitrogens is 1. The van der Waals surface area contributed by atoms with Crippen molar-refractivity contribution in [2.75, 3.05) is 5.32 Å². The van der Waals surface area contributed by atoms with Crippen molar-refractivity contribution >= 4 is 17.7 Å². The third-order valence-electron chi connectivity index (χ3n) is 3.22. The van der Waals surface area contributed by atoms with Gasteiger partial charge in [0, 0.05) is 11.3 Å². The van der Waals surface area contributed by atoms with Crippen molar-refractivity contribution < 1.29 is 14.7 Å². The van der Waals surface area contributed by atoms with E-state index in [0.717, 1.165) is 6.42 Å². The number of nitrogens with two attached hydrogens (primary N) is 1. The van der Waals surface area contributed by atoms with Crippen LogP contribution in [0.3, 0.4) is 0 Å². The van der Waals surface area contributed by atoms with Gasteiger partial charge in [0.05, 0.1) is 0 Å². The van der Waals surface area contributed by atoms with Gasteiger partial charge >= 0.3 is 5.97 Å². The highest BCUT2D eigenvalue weighted by Crippen LogP contribution is 2.35. The van der Waals surface area contributed by atoms with Crippen LogP contribution in [0, 0.1) is 6.92 Å². The number of nitrogens with one attached hydrogen (secondary N) is 1. The predicted octanol–water partition coefficient (Wildman–Crippen LogP) is 0.908. The van der Waals surface area contributed by atoms with Crippen molar-refractivity contribution in [2.24, 2.45) is 5.73 Å². The van der Waals surface area contributed by atoms with Gasteiger partial charge in [0.25, 0.3) is 0 Å². The molecule has 0 bridgehead atoms. The second-order valence-electron chi connectivity index (χ2n) is 4.61. The summed E-state index contributed by atoms with van der Waals surface area (Å²) >= 11 is 0. The number of pyridine rings is 1. The molecule has 1 amide bonds. The van der Waals surface area contributed by atoms with Gasteiger partial charge in [-0.2, -0.15) is 0 Å². The quantitative estimate of drug-likeness (QED) is 0.735. The summed E-state index contributed by atoms with van der Waals surface area (Å²) in [5, 5.41) is 12.1. The van der Waals surface area contributed by atoms with Crippen LogP contribution in [0.5, 0.6) is 0 Å². The van der Waals surface area contributed by atoms with Crippen LogP contribution >= 0.6 is 0 Å². The molecule has 6 heteroatoms. The van der Waals surface area contributed by atoms with Gasteiger partial charge < -0.3 is 16.2 Å². The van der Waals surface area contributed by atoms with E-state index < -0.39 is 17.4 Å². The maximum Gasteiger partial charge on any atom is 0.329 e. The number of rotatable bonds is 4. The molecule has 1 aliphatic carbocycles. The van der Waals surface area contributed by atoms with Crippen LogP contribution in [0.15, 0.2) is 12.1 Å². The number of carbonyl (C=O) groups is 2. The van der Waals surface area contributed by atoms with E-state index in [1.807, 2.05) is 0 Å². The third kappa shape index (κ3) is 2.13. The van der Waals surface area contributed by atoms with Crippen LogP contribution in [0.1, 0.15) is 35.3 Å². The Balaban J connectivity index is 2.29. The Morgan fingerprint density at radius 2 is 2.11 bits per heavy atom. The van der Waals surface area contributed by atoms with Crippen LogP contribution in [0.4, 0.5) is 5.82 Å². The zero-order chi connectivity index (χ0) is 13.3. The Morgan fingerprint density at radius 1 is 1.44 bits per heavy atom. The first-order chi connectivity index (χ1) is 8.43. The van der Waals surface area contributed by atoms with E-state index in [0.29, 0.717) is 29.9 Å². The van der Waals surface area contributed by atoms with Crippen molar-refractivity contribution in [3.05, 3.63) is 23.4 Å². The fourth-order valence-corrected chi connectivity index (χ4v) is 2.04. The van der Waals surface area contributed by atoms with Gasteiger partial charge in [-0.05, 0) is 38.3 Å². The Hall–Kier alpha value is -2.11. The van der Waals surface area contributed by atoms with Gasteiger partial charge in [0.15, 0.2) is 0 Å². The van der Waals surface area contributed by atoms with Crippen molar-refractivity contribution in [3.63, 3.8) is 0 Å². The van der Waals surface area contributed by atoms with E-state index in [2.05, 4.69) is 10.3 Å². The molecule has 18 heavy (non-hydrogen) atoms. The standard InChI is InChI=1S/C12H15N3O3/c1-7-5-8(10(13)16)6-9(14-7)15-12(11(17)18)3-2-4-12/h5-6H,2-4H2,1H3,(H2,13,16)(H,14,15)(H,17,18). The zero-order valence-electron chi connectivity index (χ0n) is 10.1. The van der Waals surface area contributed by atoms with Crippen LogP contribution in [0.25, 0.3) is 0 Å². The van der Waals surface area contributed by atoms with Crippen molar-refractivity contribution in [3.8, 4) is 0 Å². The average molecular weight is 249 g/mol. The molecule has 0 aromatic carbocycles. The molecule has 0 unspecified atom stereocenters. The second kappa shape index (κ2) is 4.29. The number of hydrogen-bond acceptors (Lipinski definition) is 4. The number of hydrogen-bond donors (Lipinski definition) is 3. The molecule has 0 radical (unpaired) electrons. The number of anilines is 1. The normalized spacial score (nSPS) is 16.7. The van der Waals surface area contributed by atoms with Crippen molar-refractivity contribution in [1.29, 1.82) is 0 Å². The van der Waals surface area contributed by atoms with Crippen molar-refractivity contribution in [1.82, 2.24) is 4.98 Å². The molecule has 96 valence electrons. The smallest absolute Gasteiger partial charge is 0.329 e. The molecule has 0 saturated heterocycles. The fourth-order valence-electron chi connectivity index (χ4n) is 2.04. The highest BCUT2D eigenvalue weighted by molar-refractivity contribution is 5.94. The Bertz CT molecular complexity index is 509. The summed E-state index contributed by atoms with van der Waals surface area (Å²) in [5.41, 5.74) is 5.21. The Labute approximate surface area is 104 Å². The summed E-state index contributed by atoms with van der Waals surface area (Å²) in [6.07, 6.45) is 1.99. The average Bonchev–Trinajstić information content (AvgIpc) is 2.22. The molecular weight excluding hydrogens is 234 g/mol. The lowest BCUT2D eigenvalue weighted by Crippen LogP contribution is -2.52. The molecule has 1 saturated carbocycles. The molecule has 0 atom stereocenters. The molecule has 1 aromatic rings. The largest absolute Gasteiger partial charge is 0.480 e. The lowest BCUT2D eigenvalue weighted by Gasteiger charge is -2.38. The summed E-state index contributed by atoms with van der Waals surface area (Å²) in [6.45, 7) is 1.73. The van der Waals surface area contributed by atoms with Crippen LogP contribution < -0.4 is 11.1 Å². The van der Waals surface area contributed by atoms with E-state index in [9.17, 15) is 14.7 Å². The topological polar surface area (TPSA) is 105 Å². The van der Waals surface area contributed by atoms with Crippen LogP contribution in [-0.4, -0.2) is 27.5 Å². The highest BCUT2D eigenvalue weighted by atomic mass is 16.4. The molecule has 6 nitrogen and oxygen atoms in total. The summed E-state index contributed by atoms with van der Waals surface area (Å²) < 4.78 is 0. The number of carbonyl (C=O) groups excluding carboxylic acids is 1. The molecule has 2 rings (SSSR count). The SMILES string of the molecule is Cc1cc(C(N)=O)cc(NC2(C(=O)O)CCC2)n1. The number of amides is 1. The fraction of sp³-hybridized carbons (Fsp3) is 0.417. The molecular formula is C12H15N3O3. The minimum atomic E-state index is -0.949. The number of carboxylic acid groups (broad SMARTS) is 1. The maximum absolute atomic E-state index is 11.2. The zero-order valence-corrected chi connectivity index (χ0v) is 10.1. The first kappa shape index (κ1) is 12.3. The van der Waals surface area contributed by atoms with Gasteiger partial charge in [-0.1, -0.05) is 0 Å². The Kier molecular flexibility index (Phi) is 2.94. The van der Waals surface area contributed by atoms with Gasteiger partial charge in [-0.3, -0.25) is 4.79 Å². The molecule has 0 spiro atoms. The maximum atomic E-state index is 11.2. The summed E-state index contributed by atoms with van der Waals surface area (Å²) in [4.78, 5) is 26.6. The van der Waals surface area contributed by atoms with E-state index in [1.54, 1.807) is 13.0 Å². The van der Waals surface area contributed by atoms with Gasteiger partial charge in [-0.15, -0.1) is 0 Å². The molecule has 1 heterocycles. The van der Waals surface area contributed by atoms with E-state index in [4.69, 9.17) is 5.73 Å². The minimum Gasteiger partial charge on any atom is -0.480 e. The lowest BCUT2D eigenvalue weighted by molar-refractivity contribution is -0.145. The van der Waals surface area contributed by atoms with Gasteiger partial charge in [-0.25, -0.2) is 9.78 Å². The molecule has 1 aromatic heterocycles. The summed E-state index contributed by atoms with van der Waals surface area (Å²) in [5.74, 6) is -1.06. The number of nitrogens with zero attached hydrogens (tertiary/aromatic N) is 1. The molecule has 1 aliphatic rings. The second-order valence-corrected chi connectivity index (χ2v) is 4.61. The van der Waals surface area contributed by atoms with Crippen LogP contribution in [0.2, 0.25) is 0 Å². The number of aryl methyl sites for hydroxylation is 1. The minimum absolute atomic E-state index is 0.324. The number of primary amides is 1. The molecule has 4 N–H and O–H groups in total. The highest BCUT2D eigenvalue weighted by Gasteiger charge is 2.44. The summed E-state index contributed by atoms with van der Waals surface area (Å²) in [6, 6.07) is 3.06. The van der Waals surface area contributed by atoms with E-state index >= 15 is 0 Å². The lowest BCUT2D eigenvalue weighted by atomic mass is 9.77. The molecule has 1 fully saturated rings. The van der Waals surface area contributed by atoms with Gasteiger partial charge in [0.2, 0.25) is 5.91 Å². The third-order valence-corrected chi connectivity index (χ3v) is 3.22.